The number of amidine groups is 1. The standard InChI is InChI=1S/C12H19N3/c1-3-7-14-12-11(4-2)8-10(5-6-13)9-15-12/h3-4,7,9H,5-6,8,13H2,1-2H3,(H,14,15)/b7-3-,11-4-. The van der Waals surface area contributed by atoms with E-state index < -0.39 is 0 Å². The van der Waals surface area contributed by atoms with Gasteiger partial charge >= 0.3 is 0 Å². The van der Waals surface area contributed by atoms with Gasteiger partial charge in [0, 0.05) is 12.4 Å². The van der Waals surface area contributed by atoms with Crippen molar-refractivity contribution in [3.63, 3.8) is 0 Å². The third kappa shape index (κ3) is 3.36. The predicted molar refractivity (Wildman–Crippen MR) is 65.5 cm³/mol. The predicted octanol–water partition coefficient (Wildman–Crippen LogP) is 2.09. The van der Waals surface area contributed by atoms with Crippen molar-refractivity contribution in [2.24, 2.45) is 10.7 Å². The molecular formula is C12H19N3. The molecule has 0 aliphatic carbocycles. The minimum Gasteiger partial charge on any atom is -0.346 e. The summed E-state index contributed by atoms with van der Waals surface area (Å²) in [7, 11) is 0. The molecule has 0 unspecified atom stereocenters. The third-order valence-corrected chi connectivity index (χ3v) is 2.30. The van der Waals surface area contributed by atoms with E-state index in [4.69, 9.17) is 5.73 Å². The molecule has 1 rings (SSSR count). The first-order valence-electron chi connectivity index (χ1n) is 5.30. The highest BCUT2D eigenvalue weighted by Gasteiger charge is 2.12. The summed E-state index contributed by atoms with van der Waals surface area (Å²) in [5.41, 5.74) is 8.10. The van der Waals surface area contributed by atoms with Crippen LogP contribution in [0.2, 0.25) is 0 Å². The van der Waals surface area contributed by atoms with Crippen LogP contribution >= 0.6 is 0 Å². The molecular weight excluding hydrogens is 186 g/mol. The van der Waals surface area contributed by atoms with Crippen molar-refractivity contribution in [2.45, 2.75) is 26.7 Å². The number of nitrogens with two attached hydrogens (primary N) is 1. The van der Waals surface area contributed by atoms with Crippen LogP contribution in [0, 0.1) is 0 Å². The molecule has 0 amide bonds. The minimum atomic E-state index is 0.700. The van der Waals surface area contributed by atoms with E-state index in [1.54, 1.807) is 6.20 Å². The van der Waals surface area contributed by atoms with E-state index in [0.717, 1.165) is 18.7 Å². The maximum atomic E-state index is 5.53. The third-order valence-electron chi connectivity index (χ3n) is 2.30. The lowest BCUT2D eigenvalue weighted by atomic mass is 9.99. The molecule has 0 spiro atoms. The van der Waals surface area contributed by atoms with Gasteiger partial charge < -0.3 is 11.1 Å². The Labute approximate surface area is 91.5 Å². The van der Waals surface area contributed by atoms with Gasteiger partial charge in [0.05, 0.1) is 0 Å². The van der Waals surface area contributed by atoms with Gasteiger partial charge in [-0.25, -0.2) is 4.99 Å². The van der Waals surface area contributed by atoms with Crippen molar-refractivity contribution in [2.75, 3.05) is 6.54 Å². The number of nitrogens with one attached hydrogen (secondary N) is 1. The van der Waals surface area contributed by atoms with Gasteiger partial charge in [-0.2, -0.15) is 0 Å². The molecule has 0 saturated heterocycles. The van der Waals surface area contributed by atoms with Crippen molar-refractivity contribution in [3.05, 3.63) is 35.7 Å². The Bertz CT molecular complexity index is 322. The fourth-order valence-electron chi connectivity index (χ4n) is 1.50. The first kappa shape index (κ1) is 11.7. The Morgan fingerprint density at radius 1 is 1.53 bits per heavy atom. The van der Waals surface area contributed by atoms with Crippen LogP contribution in [0.5, 0.6) is 0 Å². The molecule has 1 heterocycles. The van der Waals surface area contributed by atoms with Gasteiger partial charge in [-0.1, -0.05) is 12.2 Å². The maximum Gasteiger partial charge on any atom is 0.133 e. The number of aliphatic imine (C=N–C) groups is 1. The topological polar surface area (TPSA) is 50.4 Å². The maximum absolute atomic E-state index is 5.53. The Kier molecular flexibility index (Phi) is 4.84. The molecule has 3 heteroatoms. The highest BCUT2D eigenvalue weighted by atomic mass is 15.0. The van der Waals surface area contributed by atoms with E-state index in [-0.39, 0.29) is 0 Å². The van der Waals surface area contributed by atoms with Crippen LogP contribution in [0.4, 0.5) is 0 Å². The summed E-state index contributed by atoms with van der Waals surface area (Å²) >= 11 is 0. The largest absolute Gasteiger partial charge is 0.346 e. The number of hydrogen-bond acceptors (Lipinski definition) is 2. The molecule has 0 aromatic carbocycles. The van der Waals surface area contributed by atoms with Crippen LogP contribution < -0.4 is 11.1 Å². The molecule has 0 fully saturated rings. The highest BCUT2D eigenvalue weighted by molar-refractivity contribution is 6.00. The molecule has 1 aliphatic heterocycles. The van der Waals surface area contributed by atoms with Crippen molar-refractivity contribution in [1.82, 2.24) is 5.32 Å². The van der Waals surface area contributed by atoms with Gasteiger partial charge in [-0.15, -0.1) is 0 Å². The van der Waals surface area contributed by atoms with Gasteiger partial charge in [0.1, 0.15) is 5.84 Å². The molecule has 15 heavy (non-hydrogen) atoms. The average molecular weight is 205 g/mol. The second kappa shape index (κ2) is 6.19. The Hall–Kier alpha value is -1.35. The Morgan fingerprint density at radius 2 is 2.33 bits per heavy atom. The van der Waals surface area contributed by atoms with Crippen LogP contribution in [0.1, 0.15) is 26.7 Å². The van der Waals surface area contributed by atoms with Crippen LogP contribution in [-0.4, -0.2) is 12.4 Å². The first-order chi connectivity index (χ1) is 7.31. The second-order valence-electron chi connectivity index (χ2n) is 3.44. The van der Waals surface area contributed by atoms with Crippen molar-refractivity contribution >= 4 is 5.84 Å². The zero-order chi connectivity index (χ0) is 11.1. The number of nitrogens with zero attached hydrogens (tertiary/aromatic N) is 1. The lowest BCUT2D eigenvalue weighted by Gasteiger charge is -2.18. The fourth-order valence-corrected chi connectivity index (χ4v) is 1.50. The van der Waals surface area contributed by atoms with Gasteiger partial charge in [0.25, 0.3) is 0 Å². The summed E-state index contributed by atoms with van der Waals surface area (Å²) < 4.78 is 0. The summed E-state index contributed by atoms with van der Waals surface area (Å²) in [6.45, 7) is 4.69. The second-order valence-corrected chi connectivity index (χ2v) is 3.44. The summed E-state index contributed by atoms with van der Waals surface area (Å²) in [5, 5.41) is 3.20. The normalized spacial score (nSPS) is 22.2. The molecule has 0 bridgehead atoms. The molecule has 3 N–H and O–H groups in total. The van der Waals surface area contributed by atoms with Crippen molar-refractivity contribution in [1.29, 1.82) is 0 Å². The van der Waals surface area contributed by atoms with Crippen LogP contribution in [0.15, 0.2) is 40.7 Å². The Morgan fingerprint density at radius 3 is 2.93 bits per heavy atom. The van der Waals surface area contributed by atoms with E-state index in [1.165, 1.54) is 11.1 Å². The summed E-state index contributed by atoms with van der Waals surface area (Å²) in [6.07, 6.45) is 9.73. The van der Waals surface area contributed by atoms with E-state index in [0.29, 0.717) is 6.54 Å². The number of allylic oxidation sites excluding steroid dienone is 2. The average Bonchev–Trinajstić information content (AvgIpc) is 2.27. The molecule has 82 valence electrons. The first-order valence-corrected chi connectivity index (χ1v) is 5.30. The van der Waals surface area contributed by atoms with Crippen molar-refractivity contribution < 1.29 is 0 Å². The molecule has 0 aromatic rings. The summed E-state index contributed by atoms with van der Waals surface area (Å²) in [6, 6.07) is 0. The van der Waals surface area contributed by atoms with Gasteiger partial charge in [0.2, 0.25) is 0 Å². The van der Waals surface area contributed by atoms with Crippen LogP contribution in [0.25, 0.3) is 0 Å². The quantitative estimate of drug-likeness (QED) is 0.741. The number of hydrogen-bond donors (Lipinski definition) is 2. The lowest BCUT2D eigenvalue weighted by molar-refractivity contribution is 0.881. The minimum absolute atomic E-state index is 0.700. The van der Waals surface area contributed by atoms with Gasteiger partial charge in [0.15, 0.2) is 0 Å². The lowest BCUT2D eigenvalue weighted by Crippen LogP contribution is -2.25. The molecule has 0 aromatic heterocycles. The molecule has 1 aliphatic rings. The van der Waals surface area contributed by atoms with Gasteiger partial charge in [-0.05, 0) is 44.4 Å². The molecule has 0 radical (unpaired) electrons. The van der Waals surface area contributed by atoms with Gasteiger partial charge in [-0.3, -0.25) is 0 Å². The zero-order valence-electron chi connectivity index (χ0n) is 9.46. The van der Waals surface area contributed by atoms with Crippen LogP contribution in [0.3, 0.4) is 0 Å². The SMILES string of the molecule is C\C=C/N=C1/NC=C(CCN)C/C1=C/C. The highest BCUT2D eigenvalue weighted by Crippen LogP contribution is 2.18. The summed E-state index contributed by atoms with van der Waals surface area (Å²) in [5.74, 6) is 0.941. The monoisotopic (exact) mass is 205 g/mol. The van der Waals surface area contributed by atoms with E-state index in [1.807, 2.05) is 26.1 Å². The smallest absolute Gasteiger partial charge is 0.133 e. The van der Waals surface area contributed by atoms with Crippen molar-refractivity contribution in [3.8, 4) is 0 Å². The van der Waals surface area contributed by atoms with E-state index in [2.05, 4.69) is 16.4 Å². The summed E-state index contributed by atoms with van der Waals surface area (Å²) in [4.78, 5) is 4.33. The fraction of sp³-hybridized carbons (Fsp3) is 0.417. The molecule has 0 saturated carbocycles. The van der Waals surface area contributed by atoms with E-state index in [9.17, 15) is 0 Å². The number of rotatable bonds is 3. The zero-order valence-corrected chi connectivity index (χ0v) is 9.46. The van der Waals surface area contributed by atoms with Crippen LogP contribution in [-0.2, 0) is 0 Å². The molecule has 3 nitrogen and oxygen atoms in total. The molecule has 0 atom stereocenters. The van der Waals surface area contributed by atoms with E-state index >= 15 is 0 Å². The Balaban J connectivity index is 2.79.